The number of urea groups is 1. The van der Waals surface area contributed by atoms with Crippen LogP contribution >= 0.6 is 0 Å². The number of amides is 2. The number of fused-ring (bicyclic) bond motifs is 1. The third kappa shape index (κ3) is 4.37. The van der Waals surface area contributed by atoms with Crippen LogP contribution in [-0.4, -0.2) is 33.3 Å². The SMILES string of the molecule is CCS(=O)(=O)N1CCCc2cc(NC(=O)NCC(C)C)ccc21. The third-order valence-electron chi connectivity index (χ3n) is 3.78. The molecule has 1 aromatic rings. The first-order valence-electron chi connectivity index (χ1n) is 8.01. The minimum Gasteiger partial charge on any atom is -0.338 e. The van der Waals surface area contributed by atoms with E-state index in [9.17, 15) is 13.2 Å². The van der Waals surface area contributed by atoms with Gasteiger partial charge in [-0.05, 0) is 49.4 Å². The highest BCUT2D eigenvalue weighted by molar-refractivity contribution is 7.92. The molecule has 23 heavy (non-hydrogen) atoms. The molecule has 1 aromatic carbocycles. The van der Waals surface area contributed by atoms with Crippen molar-refractivity contribution in [2.75, 3.05) is 28.5 Å². The summed E-state index contributed by atoms with van der Waals surface area (Å²) in [5.74, 6) is 0.474. The zero-order chi connectivity index (χ0) is 17.0. The van der Waals surface area contributed by atoms with E-state index in [0.717, 1.165) is 24.1 Å². The van der Waals surface area contributed by atoms with Crippen molar-refractivity contribution in [1.29, 1.82) is 0 Å². The molecule has 0 bridgehead atoms. The van der Waals surface area contributed by atoms with Crippen LogP contribution in [0.3, 0.4) is 0 Å². The first kappa shape index (κ1) is 17.6. The Morgan fingerprint density at radius 3 is 2.74 bits per heavy atom. The van der Waals surface area contributed by atoms with Gasteiger partial charge in [-0.2, -0.15) is 0 Å². The number of carbonyl (C=O) groups is 1. The van der Waals surface area contributed by atoms with Gasteiger partial charge in [0, 0.05) is 18.8 Å². The smallest absolute Gasteiger partial charge is 0.319 e. The van der Waals surface area contributed by atoms with E-state index >= 15 is 0 Å². The second kappa shape index (κ2) is 7.21. The molecule has 0 aliphatic carbocycles. The van der Waals surface area contributed by atoms with Gasteiger partial charge in [-0.25, -0.2) is 13.2 Å². The lowest BCUT2D eigenvalue weighted by molar-refractivity contribution is 0.251. The second-order valence-electron chi connectivity index (χ2n) is 6.15. The molecule has 1 aliphatic rings. The summed E-state index contributed by atoms with van der Waals surface area (Å²) in [6, 6.07) is 5.14. The Labute approximate surface area is 138 Å². The summed E-state index contributed by atoms with van der Waals surface area (Å²) in [4.78, 5) is 11.8. The maximum absolute atomic E-state index is 12.2. The molecule has 2 N–H and O–H groups in total. The van der Waals surface area contributed by atoms with Crippen LogP contribution in [0.1, 0.15) is 32.8 Å². The Hall–Kier alpha value is -1.76. The molecule has 0 spiro atoms. The molecule has 2 rings (SSSR count). The Bertz CT molecular complexity index is 671. The Balaban J connectivity index is 2.15. The maximum atomic E-state index is 12.2. The van der Waals surface area contributed by atoms with Crippen LogP contribution in [0.2, 0.25) is 0 Å². The van der Waals surface area contributed by atoms with Gasteiger partial charge in [-0.15, -0.1) is 0 Å². The third-order valence-corrected chi connectivity index (χ3v) is 5.57. The number of nitrogens with zero attached hydrogens (tertiary/aromatic N) is 1. The number of nitrogens with one attached hydrogen (secondary N) is 2. The molecule has 1 heterocycles. The molecule has 7 heteroatoms. The molecule has 0 saturated carbocycles. The number of rotatable bonds is 5. The molecular weight excluding hydrogens is 314 g/mol. The van der Waals surface area contributed by atoms with Crippen molar-refractivity contribution in [3.8, 4) is 0 Å². The van der Waals surface area contributed by atoms with E-state index in [4.69, 9.17) is 0 Å². The molecule has 0 saturated heterocycles. The van der Waals surface area contributed by atoms with Crippen molar-refractivity contribution < 1.29 is 13.2 Å². The zero-order valence-corrected chi connectivity index (χ0v) is 14.7. The van der Waals surface area contributed by atoms with Crippen molar-refractivity contribution in [2.24, 2.45) is 5.92 Å². The average molecular weight is 339 g/mol. The molecule has 0 fully saturated rings. The van der Waals surface area contributed by atoms with Gasteiger partial charge < -0.3 is 10.6 Å². The lowest BCUT2D eigenvalue weighted by Gasteiger charge is -2.30. The lowest BCUT2D eigenvalue weighted by atomic mass is 10.0. The Kier molecular flexibility index (Phi) is 5.51. The molecule has 0 radical (unpaired) electrons. The fraction of sp³-hybridized carbons (Fsp3) is 0.562. The summed E-state index contributed by atoms with van der Waals surface area (Å²) >= 11 is 0. The predicted octanol–water partition coefficient (Wildman–Crippen LogP) is 2.57. The van der Waals surface area contributed by atoms with Crippen LogP contribution in [0.4, 0.5) is 16.2 Å². The minimum absolute atomic E-state index is 0.0874. The molecule has 128 valence electrons. The summed E-state index contributed by atoms with van der Waals surface area (Å²) in [7, 11) is -3.26. The van der Waals surface area contributed by atoms with Gasteiger partial charge in [-0.1, -0.05) is 13.8 Å². The standard InChI is InChI=1S/C16H25N3O3S/c1-4-23(21,22)19-9-5-6-13-10-14(7-8-15(13)19)18-16(20)17-11-12(2)3/h7-8,10,12H,4-6,9,11H2,1-3H3,(H2,17,18,20). The van der Waals surface area contributed by atoms with E-state index in [1.54, 1.807) is 19.1 Å². The largest absolute Gasteiger partial charge is 0.338 e. The van der Waals surface area contributed by atoms with Gasteiger partial charge in [0.1, 0.15) is 0 Å². The predicted molar refractivity (Wildman–Crippen MR) is 93.4 cm³/mol. The number of sulfonamides is 1. The molecule has 1 aliphatic heterocycles. The van der Waals surface area contributed by atoms with Gasteiger partial charge in [-0.3, -0.25) is 4.31 Å². The fourth-order valence-electron chi connectivity index (χ4n) is 2.56. The maximum Gasteiger partial charge on any atom is 0.319 e. The summed E-state index contributed by atoms with van der Waals surface area (Å²) < 4.78 is 25.8. The number of hydrogen-bond acceptors (Lipinski definition) is 3. The van der Waals surface area contributed by atoms with Crippen molar-refractivity contribution >= 4 is 27.4 Å². The van der Waals surface area contributed by atoms with E-state index in [-0.39, 0.29) is 11.8 Å². The lowest BCUT2D eigenvalue weighted by Crippen LogP contribution is -2.36. The van der Waals surface area contributed by atoms with Gasteiger partial charge in [0.25, 0.3) is 0 Å². The molecular formula is C16H25N3O3S. The highest BCUT2D eigenvalue weighted by atomic mass is 32.2. The van der Waals surface area contributed by atoms with Crippen molar-refractivity contribution in [2.45, 2.75) is 33.6 Å². The molecule has 0 atom stereocenters. The number of anilines is 2. The summed E-state index contributed by atoms with van der Waals surface area (Å²) in [6.07, 6.45) is 1.60. The summed E-state index contributed by atoms with van der Waals surface area (Å²) in [6.45, 7) is 6.84. The summed E-state index contributed by atoms with van der Waals surface area (Å²) in [5, 5.41) is 5.59. The van der Waals surface area contributed by atoms with Crippen LogP contribution in [0.25, 0.3) is 0 Å². The minimum atomic E-state index is -3.26. The van der Waals surface area contributed by atoms with Gasteiger partial charge in [0.2, 0.25) is 10.0 Å². The van der Waals surface area contributed by atoms with E-state index in [2.05, 4.69) is 10.6 Å². The first-order chi connectivity index (χ1) is 10.8. The monoisotopic (exact) mass is 339 g/mol. The molecule has 0 unspecified atom stereocenters. The second-order valence-corrected chi connectivity index (χ2v) is 8.33. The fourth-order valence-corrected chi connectivity index (χ4v) is 3.75. The number of hydrogen-bond donors (Lipinski definition) is 2. The van der Waals surface area contributed by atoms with E-state index in [0.29, 0.717) is 24.7 Å². The van der Waals surface area contributed by atoms with Crippen molar-refractivity contribution in [3.05, 3.63) is 23.8 Å². The van der Waals surface area contributed by atoms with Crippen molar-refractivity contribution in [1.82, 2.24) is 5.32 Å². The highest BCUT2D eigenvalue weighted by Gasteiger charge is 2.26. The Morgan fingerprint density at radius 1 is 1.35 bits per heavy atom. The van der Waals surface area contributed by atoms with Crippen molar-refractivity contribution in [3.63, 3.8) is 0 Å². The highest BCUT2D eigenvalue weighted by Crippen LogP contribution is 2.31. The van der Waals surface area contributed by atoms with Crippen LogP contribution in [0.15, 0.2) is 18.2 Å². The first-order valence-corrected chi connectivity index (χ1v) is 9.62. The van der Waals surface area contributed by atoms with E-state index in [1.807, 2.05) is 19.9 Å². The quantitative estimate of drug-likeness (QED) is 0.865. The topological polar surface area (TPSA) is 78.5 Å². The van der Waals surface area contributed by atoms with Crippen LogP contribution in [-0.2, 0) is 16.4 Å². The van der Waals surface area contributed by atoms with Gasteiger partial charge in [0.05, 0.1) is 11.4 Å². The molecule has 0 aromatic heterocycles. The summed E-state index contributed by atoms with van der Waals surface area (Å²) in [5.41, 5.74) is 2.36. The van der Waals surface area contributed by atoms with E-state index in [1.165, 1.54) is 4.31 Å². The molecule has 2 amide bonds. The number of benzene rings is 1. The van der Waals surface area contributed by atoms with Crippen LogP contribution < -0.4 is 14.9 Å². The zero-order valence-electron chi connectivity index (χ0n) is 13.9. The normalized spacial score (nSPS) is 14.5. The Morgan fingerprint density at radius 2 is 2.09 bits per heavy atom. The van der Waals surface area contributed by atoms with Crippen LogP contribution in [0, 0.1) is 5.92 Å². The average Bonchev–Trinajstić information content (AvgIpc) is 2.52. The number of aryl methyl sites for hydroxylation is 1. The van der Waals surface area contributed by atoms with Gasteiger partial charge in [0.15, 0.2) is 0 Å². The molecule has 6 nitrogen and oxygen atoms in total. The van der Waals surface area contributed by atoms with E-state index < -0.39 is 10.0 Å². The van der Waals surface area contributed by atoms with Gasteiger partial charge >= 0.3 is 6.03 Å². The number of carbonyl (C=O) groups excluding carboxylic acids is 1. The van der Waals surface area contributed by atoms with Crippen LogP contribution in [0.5, 0.6) is 0 Å².